The van der Waals surface area contributed by atoms with Crippen molar-refractivity contribution in [1.29, 1.82) is 0 Å². The Hall–Kier alpha value is -3.73. The summed E-state index contributed by atoms with van der Waals surface area (Å²) in [5.74, 6) is -0.632. The summed E-state index contributed by atoms with van der Waals surface area (Å²) in [6, 6.07) is 21.0. The maximum absolute atomic E-state index is 13.8. The molecule has 0 aliphatic carbocycles. The third kappa shape index (κ3) is 3.69. The average molecular weight is 372 g/mol. The molecule has 0 atom stereocenters. The van der Waals surface area contributed by atoms with Crippen LogP contribution in [-0.4, -0.2) is 10.9 Å². The molecule has 0 aliphatic heterocycles. The highest BCUT2D eigenvalue weighted by Gasteiger charge is 2.13. The van der Waals surface area contributed by atoms with E-state index in [0.717, 1.165) is 11.3 Å². The fourth-order valence-corrected chi connectivity index (χ4v) is 2.84. The van der Waals surface area contributed by atoms with E-state index in [1.807, 2.05) is 37.3 Å². The molecule has 0 radical (unpaired) electrons. The van der Waals surface area contributed by atoms with Gasteiger partial charge in [-0.05, 0) is 37.3 Å². The summed E-state index contributed by atoms with van der Waals surface area (Å²) in [5.41, 5.74) is 4.10. The number of aromatic nitrogens is 1. The minimum Gasteiger partial charge on any atom is -0.444 e. The van der Waals surface area contributed by atoms with Gasteiger partial charge in [-0.15, -0.1) is 0 Å². The van der Waals surface area contributed by atoms with Gasteiger partial charge in [0.25, 0.3) is 5.91 Å². The molecule has 5 heteroatoms. The van der Waals surface area contributed by atoms with E-state index in [9.17, 15) is 9.18 Å². The molecule has 4 aromatic rings. The normalized spacial score (nSPS) is 10.6. The Kier molecular flexibility index (Phi) is 4.72. The van der Waals surface area contributed by atoms with E-state index >= 15 is 0 Å². The first-order valence-electron chi connectivity index (χ1n) is 8.79. The molecule has 1 N–H and O–H groups in total. The lowest BCUT2D eigenvalue weighted by molar-refractivity contribution is 0.102. The summed E-state index contributed by atoms with van der Waals surface area (Å²) in [7, 11) is 0. The number of anilines is 1. The third-order valence-electron chi connectivity index (χ3n) is 4.34. The lowest BCUT2D eigenvalue weighted by Crippen LogP contribution is -2.13. The van der Waals surface area contributed by atoms with E-state index < -0.39 is 11.7 Å². The number of nitrogens with zero attached hydrogens (tertiary/aromatic N) is 1. The molecule has 1 heterocycles. The number of oxazole rings is 1. The molecule has 28 heavy (non-hydrogen) atoms. The molecule has 3 aromatic carbocycles. The first-order chi connectivity index (χ1) is 13.6. The Morgan fingerprint density at radius 1 is 0.964 bits per heavy atom. The number of rotatable bonds is 4. The van der Waals surface area contributed by atoms with E-state index in [1.165, 1.54) is 17.7 Å². The van der Waals surface area contributed by atoms with Gasteiger partial charge in [-0.3, -0.25) is 4.79 Å². The Morgan fingerprint density at radius 2 is 1.75 bits per heavy atom. The number of nitrogens with one attached hydrogen (secondary N) is 1. The van der Waals surface area contributed by atoms with Gasteiger partial charge in [0.2, 0.25) is 5.89 Å². The van der Waals surface area contributed by atoms with E-state index in [4.69, 9.17) is 4.42 Å². The highest BCUT2D eigenvalue weighted by molar-refractivity contribution is 6.04. The van der Waals surface area contributed by atoms with Gasteiger partial charge in [-0.2, -0.15) is 0 Å². The molecular formula is C23H17FN2O2. The zero-order chi connectivity index (χ0) is 19.5. The van der Waals surface area contributed by atoms with Crippen molar-refractivity contribution in [3.8, 4) is 22.7 Å². The van der Waals surface area contributed by atoms with Gasteiger partial charge in [0, 0.05) is 16.8 Å². The second-order valence-electron chi connectivity index (χ2n) is 6.42. The van der Waals surface area contributed by atoms with Gasteiger partial charge in [0.1, 0.15) is 17.8 Å². The van der Waals surface area contributed by atoms with Crippen LogP contribution in [0.4, 0.5) is 10.1 Å². The summed E-state index contributed by atoms with van der Waals surface area (Å²) < 4.78 is 19.4. The molecule has 0 saturated heterocycles. The lowest BCUT2D eigenvalue weighted by Gasteiger charge is -2.07. The fourth-order valence-electron chi connectivity index (χ4n) is 2.84. The maximum atomic E-state index is 13.8. The topological polar surface area (TPSA) is 55.1 Å². The highest BCUT2D eigenvalue weighted by Crippen LogP contribution is 2.26. The summed E-state index contributed by atoms with van der Waals surface area (Å²) >= 11 is 0. The summed E-state index contributed by atoms with van der Waals surface area (Å²) in [6.45, 7) is 2.03. The Bertz CT molecular complexity index is 1130. The largest absolute Gasteiger partial charge is 0.444 e. The fraction of sp³-hybridized carbons (Fsp3) is 0.0435. The van der Waals surface area contributed by atoms with Crippen molar-refractivity contribution in [2.45, 2.75) is 6.92 Å². The molecule has 0 bridgehead atoms. The van der Waals surface area contributed by atoms with Gasteiger partial charge < -0.3 is 9.73 Å². The molecule has 0 aliphatic rings. The molecule has 0 saturated carbocycles. The number of benzene rings is 3. The van der Waals surface area contributed by atoms with Crippen molar-refractivity contribution < 1.29 is 13.6 Å². The van der Waals surface area contributed by atoms with E-state index in [-0.39, 0.29) is 5.56 Å². The summed E-state index contributed by atoms with van der Waals surface area (Å²) in [4.78, 5) is 16.8. The van der Waals surface area contributed by atoms with Crippen LogP contribution in [0.15, 0.2) is 83.5 Å². The minimum absolute atomic E-state index is 0.00863. The van der Waals surface area contributed by atoms with Gasteiger partial charge in [-0.1, -0.05) is 48.0 Å². The molecule has 4 rings (SSSR count). The molecule has 0 unspecified atom stereocenters. The number of hydrogen-bond donors (Lipinski definition) is 1. The van der Waals surface area contributed by atoms with Crippen LogP contribution in [0.5, 0.6) is 0 Å². The second kappa shape index (κ2) is 7.48. The van der Waals surface area contributed by atoms with Crippen LogP contribution in [0.25, 0.3) is 22.7 Å². The molecule has 0 fully saturated rings. The molecule has 0 spiro atoms. The molecule has 4 nitrogen and oxygen atoms in total. The van der Waals surface area contributed by atoms with Crippen LogP contribution >= 0.6 is 0 Å². The predicted molar refractivity (Wildman–Crippen MR) is 106 cm³/mol. The Morgan fingerprint density at radius 3 is 2.54 bits per heavy atom. The van der Waals surface area contributed by atoms with E-state index in [2.05, 4.69) is 10.3 Å². The van der Waals surface area contributed by atoms with Crippen molar-refractivity contribution in [3.05, 3.63) is 96.0 Å². The zero-order valence-corrected chi connectivity index (χ0v) is 15.1. The van der Waals surface area contributed by atoms with Gasteiger partial charge >= 0.3 is 0 Å². The van der Waals surface area contributed by atoms with Crippen molar-refractivity contribution in [2.24, 2.45) is 0 Å². The van der Waals surface area contributed by atoms with Crippen LogP contribution in [0.1, 0.15) is 15.9 Å². The number of carbonyl (C=O) groups is 1. The average Bonchev–Trinajstić information content (AvgIpc) is 3.19. The van der Waals surface area contributed by atoms with E-state index in [0.29, 0.717) is 17.1 Å². The number of aryl methyl sites for hydroxylation is 1. The van der Waals surface area contributed by atoms with Crippen molar-refractivity contribution in [1.82, 2.24) is 4.98 Å². The van der Waals surface area contributed by atoms with Crippen LogP contribution in [-0.2, 0) is 0 Å². The Balaban J connectivity index is 1.57. The van der Waals surface area contributed by atoms with Crippen LogP contribution in [0, 0.1) is 12.7 Å². The van der Waals surface area contributed by atoms with Crippen LogP contribution < -0.4 is 5.32 Å². The van der Waals surface area contributed by atoms with Crippen molar-refractivity contribution >= 4 is 11.6 Å². The van der Waals surface area contributed by atoms with Crippen LogP contribution in [0.3, 0.4) is 0 Å². The second-order valence-corrected chi connectivity index (χ2v) is 6.42. The number of amides is 1. The van der Waals surface area contributed by atoms with Crippen molar-refractivity contribution in [2.75, 3.05) is 5.32 Å². The third-order valence-corrected chi connectivity index (χ3v) is 4.34. The molecule has 1 aromatic heterocycles. The number of halogens is 1. The summed E-state index contributed by atoms with van der Waals surface area (Å²) in [5, 5.41) is 2.71. The van der Waals surface area contributed by atoms with E-state index in [1.54, 1.807) is 36.6 Å². The van der Waals surface area contributed by atoms with Gasteiger partial charge in [0.05, 0.1) is 5.56 Å². The lowest BCUT2D eigenvalue weighted by atomic mass is 10.1. The quantitative estimate of drug-likeness (QED) is 0.499. The standard InChI is InChI=1S/C23H17FN2O2/c1-15-9-11-16(12-10-15)21-14-28-23(26-21)17-5-4-6-18(13-17)25-22(27)19-7-2-3-8-20(19)24/h2-14H,1H3,(H,25,27). The zero-order valence-electron chi connectivity index (χ0n) is 15.1. The monoisotopic (exact) mass is 372 g/mol. The Labute approximate surface area is 161 Å². The predicted octanol–water partition coefficient (Wildman–Crippen LogP) is 5.71. The molecular weight excluding hydrogens is 355 g/mol. The van der Waals surface area contributed by atoms with Crippen LogP contribution in [0.2, 0.25) is 0 Å². The minimum atomic E-state index is -0.563. The van der Waals surface area contributed by atoms with Gasteiger partial charge in [0.15, 0.2) is 0 Å². The summed E-state index contributed by atoms with van der Waals surface area (Å²) in [6.07, 6.45) is 1.60. The molecule has 1 amide bonds. The smallest absolute Gasteiger partial charge is 0.258 e. The van der Waals surface area contributed by atoms with Gasteiger partial charge in [-0.25, -0.2) is 9.37 Å². The highest BCUT2D eigenvalue weighted by atomic mass is 19.1. The number of hydrogen-bond acceptors (Lipinski definition) is 3. The number of carbonyl (C=O) groups excluding carboxylic acids is 1. The first-order valence-corrected chi connectivity index (χ1v) is 8.79. The SMILES string of the molecule is Cc1ccc(-c2coc(-c3cccc(NC(=O)c4ccccc4F)c3)n2)cc1. The van der Waals surface area contributed by atoms with Crippen molar-refractivity contribution in [3.63, 3.8) is 0 Å². The first kappa shape index (κ1) is 17.7. The maximum Gasteiger partial charge on any atom is 0.258 e. The molecule has 138 valence electrons.